The van der Waals surface area contributed by atoms with Gasteiger partial charge in [0.2, 0.25) is 0 Å². The van der Waals surface area contributed by atoms with Crippen molar-refractivity contribution >= 4 is 22.5 Å². The number of rotatable bonds is 4. The van der Waals surface area contributed by atoms with Crippen molar-refractivity contribution in [3.05, 3.63) is 29.8 Å². The Morgan fingerprint density at radius 3 is 2.58 bits per heavy atom. The van der Waals surface area contributed by atoms with Gasteiger partial charge in [0.1, 0.15) is 11.5 Å². The molecule has 2 aromatic carbocycles. The fraction of sp³-hybridized carbons (Fsp3) is 0.375. The van der Waals surface area contributed by atoms with Gasteiger partial charge in [-0.2, -0.15) is 0 Å². The first-order valence-electron chi connectivity index (χ1n) is 6.57. The van der Waals surface area contributed by atoms with E-state index in [0.29, 0.717) is 11.5 Å². The van der Waals surface area contributed by atoms with Crippen LogP contribution in [0.3, 0.4) is 0 Å². The van der Waals surface area contributed by atoms with Crippen LogP contribution in [-0.4, -0.2) is 16.0 Å². The molecule has 0 saturated carbocycles. The van der Waals surface area contributed by atoms with Gasteiger partial charge in [-0.15, -0.1) is 11.8 Å². The third kappa shape index (κ3) is 3.16. The fourth-order valence-corrected chi connectivity index (χ4v) is 3.16. The van der Waals surface area contributed by atoms with E-state index in [4.69, 9.17) is 0 Å². The highest BCUT2D eigenvalue weighted by Gasteiger charge is 2.09. The minimum absolute atomic E-state index is 0.148. The maximum Gasteiger partial charge on any atom is 0.129 e. The number of benzene rings is 2. The van der Waals surface area contributed by atoms with Gasteiger partial charge < -0.3 is 10.2 Å². The number of fused-ring (bicyclic) bond motifs is 1. The van der Waals surface area contributed by atoms with Gasteiger partial charge in [-0.05, 0) is 54.7 Å². The van der Waals surface area contributed by atoms with Gasteiger partial charge in [0, 0.05) is 15.8 Å². The largest absolute Gasteiger partial charge is 0.508 e. The molecular formula is C16H20O2S. The Labute approximate surface area is 118 Å². The topological polar surface area (TPSA) is 40.5 Å². The van der Waals surface area contributed by atoms with E-state index >= 15 is 0 Å². The van der Waals surface area contributed by atoms with Gasteiger partial charge >= 0.3 is 0 Å². The van der Waals surface area contributed by atoms with Crippen LogP contribution in [0.15, 0.2) is 29.2 Å². The average molecular weight is 276 g/mol. The highest BCUT2D eigenvalue weighted by molar-refractivity contribution is 7.99. The molecule has 19 heavy (non-hydrogen) atoms. The fourth-order valence-electron chi connectivity index (χ4n) is 1.96. The molecule has 0 aliphatic rings. The summed E-state index contributed by atoms with van der Waals surface area (Å²) >= 11 is 1.82. The third-order valence-electron chi connectivity index (χ3n) is 3.27. The van der Waals surface area contributed by atoms with Gasteiger partial charge in [0.15, 0.2) is 0 Å². The van der Waals surface area contributed by atoms with E-state index in [0.717, 1.165) is 16.5 Å². The Hall–Kier alpha value is -1.35. The van der Waals surface area contributed by atoms with Gasteiger partial charge in [-0.25, -0.2) is 0 Å². The van der Waals surface area contributed by atoms with Crippen LogP contribution in [-0.2, 0) is 0 Å². The Bertz CT molecular complexity index is 591. The van der Waals surface area contributed by atoms with Crippen molar-refractivity contribution in [3.63, 3.8) is 0 Å². The molecule has 0 fully saturated rings. The predicted octanol–water partition coefficient (Wildman–Crippen LogP) is 4.70. The summed E-state index contributed by atoms with van der Waals surface area (Å²) in [6, 6.07) is 7.70. The lowest BCUT2D eigenvalue weighted by atomic mass is 10.1. The van der Waals surface area contributed by atoms with Crippen molar-refractivity contribution in [1.29, 1.82) is 0 Å². The van der Waals surface area contributed by atoms with Crippen molar-refractivity contribution in [2.75, 3.05) is 5.75 Å². The van der Waals surface area contributed by atoms with E-state index in [9.17, 15) is 10.2 Å². The first-order valence-corrected chi connectivity index (χ1v) is 7.55. The van der Waals surface area contributed by atoms with Gasteiger partial charge in [0.25, 0.3) is 0 Å². The zero-order chi connectivity index (χ0) is 14.0. The second-order valence-electron chi connectivity index (χ2n) is 5.28. The third-order valence-corrected chi connectivity index (χ3v) is 4.30. The number of aromatic hydroxyl groups is 2. The van der Waals surface area contributed by atoms with E-state index in [1.165, 1.54) is 11.3 Å². The molecule has 0 heterocycles. The molecule has 0 spiro atoms. The van der Waals surface area contributed by atoms with Crippen molar-refractivity contribution in [1.82, 2.24) is 0 Å². The average Bonchev–Trinajstić information content (AvgIpc) is 2.35. The van der Waals surface area contributed by atoms with E-state index in [1.54, 1.807) is 13.0 Å². The molecule has 2 nitrogen and oxygen atoms in total. The summed E-state index contributed by atoms with van der Waals surface area (Å²) in [5.41, 5.74) is 0.535. The van der Waals surface area contributed by atoms with Crippen LogP contribution in [0.4, 0.5) is 0 Å². The zero-order valence-electron chi connectivity index (χ0n) is 11.6. The molecule has 2 N–H and O–H groups in total. The molecule has 2 rings (SSSR count). The molecule has 0 aliphatic heterocycles. The van der Waals surface area contributed by atoms with E-state index in [-0.39, 0.29) is 11.5 Å². The highest BCUT2D eigenvalue weighted by Crippen LogP contribution is 2.36. The number of phenolic OH excluding ortho intramolecular Hbond substituents is 2. The first kappa shape index (κ1) is 14.1. The zero-order valence-corrected chi connectivity index (χ0v) is 12.4. The van der Waals surface area contributed by atoms with Gasteiger partial charge in [-0.1, -0.05) is 13.8 Å². The van der Waals surface area contributed by atoms with Crippen LogP contribution in [0.25, 0.3) is 10.8 Å². The van der Waals surface area contributed by atoms with E-state index in [1.807, 2.05) is 30.0 Å². The summed E-state index contributed by atoms with van der Waals surface area (Å²) in [5.74, 6) is 2.12. The summed E-state index contributed by atoms with van der Waals surface area (Å²) in [6.07, 6.45) is 1.19. The lowest BCUT2D eigenvalue weighted by Gasteiger charge is -2.09. The SMILES string of the molecule is Cc1c(O)cc2cc(SCCC(C)C)ccc2c1O. The molecule has 3 heteroatoms. The van der Waals surface area contributed by atoms with Crippen LogP contribution in [0.5, 0.6) is 11.5 Å². The molecule has 0 bridgehead atoms. The summed E-state index contributed by atoms with van der Waals surface area (Å²) < 4.78 is 0. The molecule has 102 valence electrons. The Morgan fingerprint density at radius 2 is 1.89 bits per heavy atom. The van der Waals surface area contributed by atoms with Crippen LogP contribution in [0.2, 0.25) is 0 Å². The van der Waals surface area contributed by atoms with Crippen molar-refractivity contribution in [2.24, 2.45) is 5.92 Å². The second kappa shape index (κ2) is 5.74. The molecule has 0 atom stereocenters. The maximum atomic E-state index is 10.0. The first-order chi connectivity index (χ1) is 8.99. The molecule has 0 amide bonds. The highest BCUT2D eigenvalue weighted by atomic mass is 32.2. The molecule has 2 aromatic rings. The summed E-state index contributed by atoms with van der Waals surface area (Å²) in [4.78, 5) is 1.18. The molecule has 0 aromatic heterocycles. The van der Waals surface area contributed by atoms with Gasteiger partial charge in [0.05, 0.1) is 0 Å². The molecule has 0 aliphatic carbocycles. The van der Waals surface area contributed by atoms with Crippen LogP contribution < -0.4 is 0 Å². The normalized spacial score (nSPS) is 11.4. The summed E-state index contributed by atoms with van der Waals surface area (Å²) in [6.45, 7) is 6.16. The van der Waals surface area contributed by atoms with Crippen molar-refractivity contribution < 1.29 is 10.2 Å². The Morgan fingerprint density at radius 1 is 1.16 bits per heavy atom. The Balaban J connectivity index is 2.28. The number of hydrogen-bond donors (Lipinski definition) is 2. The van der Waals surface area contributed by atoms with Crippen LogP contribution >= 0.6 is 11.8 Å². The lowest BCUT2D eigenvalue weighted by Crippen LogP contribution is -1.89. The minimum Gasteiger partial charge on any atom is -0.508 e. The molecule has 0 radical (unpaired) electrons. The van der Waals surface area contributed by atoms with Crippen LogP contribution in [0, 0.1) is 12.8 Å². The summed E-state index contributed by atoms with van der Waals surface area (Å²) in [5, 5.41) is 21.5. The number of phenols is 2. The van der Waals surface area contributed by atoms with Crippen LogP contribution in [0.1, 0.15) is 25.8 Å². The molecule has 0 saturated heterocycles. The standard InChI is InChI=1S/C16H20O2S/c1-10(2)6-7-19-13-4-5-14-12(8-13)9-15(17)11(3)16(14)18/h4-5,8-10,17-18H,6-7H2,1-3H3. The van der Waals surface area contributed by atoms with Crippen molar-refractivity contribution in [2.45, 2.75) is 32.1 Å². The Kier molecular flexibility index (Phi) is 4.25. The predicted molar refractivity (Wildman–Crippen MR) is 82.2 cm³/mol. The van der Waals surface area contributed by atoms with E-state index in [2.05, 4.69) is 13.8 Å². The molecule has 0 unspecified atom stereocenters. The monoisotopic (exact) mass is 276 g/mol. The second-order valence-corrected chi connectivity index (χ2v) is 6.45. The smallest absolute Gasteiger partial charge is 0.129 e. The van der Waals surface area contributed by atoms with E-state index < -0.39 is 0 Å². The number of thioether (sulfide) groups is 1. The number of hydrogen-bond acceptors (Lipinski definition) is 3. The van der Waals surface area contributed by atoms with Crippen molar-refractivity contribution in [3.8, 4) is 11.5 Å². The maximum absolute atomic E-state index is 10.0. The lowest BCUT2D eigenvalue weighted by molar-refractivity contribution is 0.448. The quantitative estimate of drug-likeness (QED) is 0.795. The van der Waals surface area contributed by atoms with Gasteiger partial charge in [-0.3, -0.25) is 0 Å². The minimum atomic E-state index is 0.148. The summed E-state index contributed by atoms with van der Waals surface area (Å²) in [7, 11) is 0. The molecular weight excluding hydrogens is 256 g/mol.